The number of amides is 1. The molecule has 0 unspecified atom stereocenters. The second-order valence-electron chi connectivity index (χ2n) is 10.2. The SMILES string of the molecule is C=CCNNC(=O)[C@@]1(CCC(=O)OC(C)(C)C)N=C(c2ccc(OCCCO)cc2)O[C@H]1c1ccccc1N=[N+]=[N-]. The van der Waals surface area contributed by atoms with E-state index in [0.29, 0.717) is 29.9 Å². The van der Waals surface area contributed by atoms with Gasteiger partial charge in [-0.25, -0.2) is 10.4 Å². The first-order valence-electron chi connectivity index (χ1n) is 13.2. The lowest BCUT2D eigenvalue weighted by Gasteiger charge is -2.31. The van der Waals surface area contributed by atoms with Crippen LogP contribution in [0, 0.1) is 0 Å². The number of ether oxygens (including phenoxy) is 3. The second kappa shape index (κ2) is 14.3. The molecule has 0 saturated carbocycles. The molecular weight excluding hydrogens is 528 g/mol. The molecule has 1 amide bonds. The number of hydrogen-bond acceptors (Lipinski definition) is 9. The molecule has 3 rings (SSSR count). The van der Waals surface area contributed by atoms with Crippen LogP contribution in [0.25, 0.3) is 10.4 Å². The van der Waals surface area contributed by atoms with Crippen molar-refractivity contribution in [3.8, 4) is 5.75 Å². The van der Waals surface area contributed by atoms with Crippen LogP contribution in [0.1, 0.15) is 57.3 Å². The number of aliphatic imine (C=N–C) groups is 1. The Bertz CT molecular complexity index is 1300. The van der Waals surface area contributed by atoms with Gasteiger partial charge < -0.3 is 19.3 Å². The van der Waals surface area contributed by atoms with Gasteiger partial charge in [0.25, 0.3) is 5.91 Å². The quantitative estimate of drug-likeness (QED) is 0.0574. The van der Waals surface area contributed by atoms with Crippen molar-refractivity contribution in [2.75, 3.05) is 19.8 Å². The Labute approximate surface area is 239 Å². The molecule has 12 heteroatoms. The van der Waals surface area contributed by atoms with Crippen molar-refractivity contribution >= 4 is 23.5 Å². The molecule has 2 atom stereocenters. The number of nitrogens with one attached hydrogen (secondary N) is 2. The smallest absolute Gasteiger partial charge is 0.306 e. The van der Waals surface area contributed by atoms with Gasteiger partial charge >= 0.3 is 5.97 Å². The Morgan fingerprint density at radius 1 is 1.24 bits per heavy atom. The van der Waals surface area contributed by atoms with Gasteiger partial charge in [0.15, 0.2) is 11.6 Å². The average molecular weight is 565 g/mol. The molecule has 41 heavy (non-hydrogen) atoms. The number of carbonyl (C=O) groups is 2. The van der Waals surface area contributed by atoms with E-state index in [9.17, 15) is 15.1 Å². The van der Waals surface area contributed by atoms with Gasteiger partial charge in [0.1, 0.15) is 11.4 Å². The highest BCUT2D eigenvalue weighted by Crippen LogP contribution is 2.46. The zero-order valence-corrected chi connectivity index (χ0v) is 23.5. The van der Waals surface area contributed by atoms with Crippen LogP contribution in [-0.4, -0.2) is 53.8 Å². The zero-order valence-electron chi connectivity index (χ0n) is 23.5. The molecule has 0 saturated heterocycles. The summed E-state index contributed by atoms with van der Waals surface area (Å²) in [5.41, 5.74) is 13.5. The lowest BCUT2D eigenvalue weighted by atomic mass is 9.83. The van der Waals surface area contributed by atoms with Crippen LogP contribution in [0.2, 0.25) is 0 Å². The van der Waals surface area contributed by atoms with E-state index in [4.69, 9.17) is 24.3 Å². The van der Waals surface area contributed by atoms with Crippen LogP contribution >= 0.6 is 0 Å². The number of aliphatic hydroxyl groups is 1. The summed E-state index contributed by atoms with van der Waals surface area (Å²) in [6, 6.07) is 13.7. The third-order valence-electron chi connectivity index (χ3n) is 5.98. The number of carbonyl (C=O) groups excluding carboxylic acids is 2. The molecule has 0 spiro atoms. The molecule has 1 heterocycles. The van der Waals surface area contributed by atoms with E-state index in [1.54, 1.807) is 75.4 Å². The van der Waals surface area contributed by atoms with Crippen molar-refractivity contribution in [3.05, 3.63) is 82.8 Å². The summed E-state index contributed by atoms with van der Waals surface area (Å²) in [5, 5.41) is 12.8. The molecule has 0 fully saturated rings. The van der Waals surface area contributed by atoms with E-state index in [1.807, 2.05) is 0 Å². The third kappa shape index (κ3) is 8.31. The van der Waals surface area contributed by atoms with Crippen LogP contribution in [0.4, 0.5) is 5.69 Å². The van der Waals surface area contributed by atoms with Crippen molar-refractivity contribution in [1.82, 2.24) is 10.9 Å². The summed E-state index contributed by atoms with van der Waals surface area (Å²) < 4.78 is 17.5. The van der Waals surface area contributed by atoms with E-state index < -0.39 is 29.1 Å². The summed E-state index contributed by atoms with van der Waals surface area (Å²) in [7, 11) is 0. The Kier molecular flexibility index (Phi) is 10.9. The molecule has 1 aliphatic heterocycles. The highest BCUT2D eigenvalue weighted by molar-refractivity contribution is 6.01. The van der Waals surface area contributed by atoms with Crippen molar-refractivity contribution in [2.45, 2.75) is 57.3 Å². The standard InChI is InChI=1S/C29H36N6O6/c1-5-17-31-34-27(38)29(16-15-24(37)41-28(2,3)4)25(22-9-6-7-10-23(22)33-35-30)40-26(32-29)20-11-13-21(14-12-20)39-19-8-18-36/h5-7,9-14,25,31,36H,1,8,15-19H2,2-4H3,(H,34,38)/t25-,29-/m0/s1. The number of benzene rings is 2. The van der Waals surface area contributed by atoms with E-state index in [2.05, 4.69) is 27.5 Å². The third-order valence-corrected chi connectivity index (χ3v) is 5.98. The predicted octanol–water partition coefficient (Wildman–Crippen LogP) is 4.58. The average Bonchev–Trinajstić information content (AvgIpc) is 3.33. The van der Waals surface area contributed by atoms with Crippen LogP contribution < -0.4 is 15.6 Å². The lowest BCUT2D eigenvalue weighted by molar-refractivity contribution is -0.155. The highest BCUT2D eigenvalue weighted by atomic mass is 16.6. The molecule has 2 aromatic carbocycles. The molecule has 0 aromatic heterocycles. The number of esters is 1. The van der Waals surface area contributed by atoms with Crippen LogP contribution in [0.15, 0.2) is 71.3 Å². The Hall–Kier alpha value is -4.38. The summed E-state index contributed by atoms with van der Waals surface area (Å²) in [5.74, 6) is -0.300. The maximum absolute atomic E-state index is 13.9. The topological polar surface area (TPSA) is 167 Å². The molecule has 0 radical (unpaired) electrons. The normalized spacial score (nSPS) is 18.0. The fraction of sp³-hybridized carbons (Fsp3) is 0.414. The van der Waals surface area contributed by atoms with Gasteiger partial charge in [-0.05, 0) is 57.0 Å². The fourth-order valence-corrected chi connectivity index (χ4v) is 4.19. The molecule has 12 nitrogen and oxygen atoms in total. The molecule has 0 bridgehead atoms. The van der Waals surface area contributed by atoms with Crippen LogP contribution in [0.3, 0.4) is 0 Å². The first kappa shape index (κ1) is 31.2. The summed E-state index contributed by atoms with van der Waals surface area (Å²) >= 11 is 0. The summed E-state index contributed by atoms with van der Waals surface area (Å²) in [4.78, 5) is 34.4. The predicted molar refractivity (Wildman–Crippen MR) is 153 cm³/mol. The maximum Gasteiger partial charge on any atom is 0.306 e. The first-order chi connectivity index (χ1) is 19.6. The molecule has 2 aromatic rings. The van der Waals surface area contributed by atoms with Crippen molar-refractivity contribution in [2.24, 2.45) is 10.1 Å². The maximum atomic E-state index is 13.9. The Morgan fingerprint density at radius 2 is 1.98 bits per heavy atom. The minimum Gasteiger partial charge on any atom is -0.494 e. The minimum atomic E-state index is -1.64. The number of hydrazine groups is 1. The summed E-state index contributed by atoms with van der Waals surface area (Å²) in [6.45, 7) is 9.59. The minimum absolute atomic E-state index is 0.0243. The van der Waals surface area contributed by atoms with Crippen molar-refractivity contribution < 1.29 is 28.9 Å². The van der Waals surface area contributed by atoms with Gasteiger partial charge in [-0.2, -0.15) is 0 Å². The van der Waals surface area contributed by atoms with Crippen LogP contribution in [-0.2, 0) is 19.1 Å². The van der Waals surface area contributed by atoms with E-state index in [-0.39, 0.29) is 37.6 Å². The fourth-order valence-electron chi connectivity index (χ4n) is 4.19. The lowest BCUT2D eigenvalue weighted by Crippen LogP contribution is -2.53. The van der Waals surface area contributed by atoms with Crippen LogP contribution in [0.5, 0.6) is 5.75 Å². The monoisotopic (exact) mass is 564 g/mol. The van der Waals surface area contributed by atoms with Crippen molar-refractivity contribution in [1.29, 1.82) is 0 Å². The first-order valence-corrected chi connectivity index (χ1v) is 13.2. The van der Waals surface area contributed by atoms with Gasteiger partial charge in [-0.3, -0.25) is 15.0 Å². The largest absolute Gasteiger partial charge is 0.494 e. The molecular formula is C29H36N6O6. The molecule has 218 valence electrons. The molecule has 1 aliphatic rings. The van der Waals surface area contributed by atoms with Gasteiger partial charge in [-0.1, -0.05) is 35.5 Å². The van der Waals surface area contributed by atoms with Gasteiger partial charge in [0, 0.05) is 47.7 Å². The summed E-state index contributed by atoms with van der Waals surface area (Å²) in [6.07, 6.45) is 0.826. The number of aliphatic hydroxyl groups excluding tert-OH is 1. The molecule has 0 aliphatic carbocycles. The molecule has 3 N–H and O–H groups in total. The Morgan fingerprint density at radius 3 is 2.63 bits per heavy atom. The van der Waals surface area contributed by atoms with E-state index in [0.717, 1.165) is 0 Å². The Balaban J connectivity index is 2.08. The number of nitrogens with zero attached hydrogens (tertiary/aromatic N) is 4. The number of rotatable bonds is 14. The number of azide groups is 1. The van der Waals surface area contributed by atoms with Gasteiger partial charge in [0.2, 0.25) is 5.90 Å². The van der Waals surface area contributed by atoms with Crippen molar-refractivity contribution in [3.63, 3.8) is 0 Å². The van der Waals surface area contributed by atoms with E-state index in [1.165, 1.54) is 0 Å². The van der Waals surface area contributed by atoms with Gasteiger partial charge in [0.05, 0.1) is 6.61 Å². The van der Waals surface area contributed by atoms with Gasteiger partial charge in [-0.15, -0.1) is 6.58 Å². The van der Waals surface area contributed by atoms with E-state index >= 15 is 0 Å². The zero-order chi connectivity index (χ0) is 29.9. The highest BCUT2D eigenvalue weighted by Gasteiger charge is 2.54. The second-order valence-corrected chi connectivity index (χ2v) is 10.2. The number of hydrogen-bond donors (Lipinski definition) is 3.